The van der Waals surface area contributed by atoms with Gasteiger partial charge in [-0.2, -0.15) is 0 Å². The van der Waals surface area contributed by atoms with Crippen LogP contribution in [-0.2, 0) is 0 Å². The first kappa shape index (κ1) is 14.5. The molecular formula is C16H25FN2. The van der Waals surface area contributed by atoms with Gasteiger partial charge in [-0.3, -0.25) is 4.90 Å². The average molecular weight is 264 g/mol. The fourth-order valence-corrected chi connectivity index (χ4v) is 3.32. The van der Waals surface area contributed by atoms with Gasteiger partial charge in [0.1, 0.15) is 5.82 Å². The molecule has 0 spiro atoms. The Morgan fingerprint density at radius 2 is 2.21 bits per heavy atom. The van der Waals surface area contributed by atoms with Crippen LogP contribution in [0.15, 0.2) is 18.2 Å². The molecule has 1 aromatic carbocycles. The maximum atomic E-state index is 13.6. The Hall–Kier alpha value is -0.930. The summed E-state index contributed by atoms with van der Waals surface area (Å²) >= 11 is 0. The lowest BCUT2D eigenvalue weighted by Gasteiger charge is -2.29. The van der Waals surface area contributed by atoms with E-state index in [1.807, 2.05) is 13.1 Å². The molecule has 1 N–H and O–H groups in total. The third kappa shape index (κ3) is 3.15. The monoisotopic (exact) mass is 264 g/mol. The molecule has 2 rings (SSSR count). The quantitative estimate of drug-likeness (QED) is 0.879. The van der Waals surface area contributed by atoms with Crippen LogP contribution in [0, 0.1) is 18.7 Å². The van der Waals surface area contributed by atoms with Crippen LogP contribution < -0.4 is 5.32 Å². The van der Waals surface area contributed by atoms with Crippen molar-refractivity contribution in [1.29, 1.82) is 0 Å². The molecule has 0 radical (unpaired) electrons. The summed E-state index contributed by atoms with van der Waals surface area (Å²) in [5, 5.41) is 3.29. The Labute approximate surface area is 116 Å². The van der Waals surface area contributed by atoms with Crippen LogP contribution in [0.25, 0.3) is 0 Å². The third-order valence-electron chi connectivity index (χ3n) is 4.16. The summed E-state index contributed by atoms with van der Waals surface area (Å²) in [6.45, 7) is 7.52. The molecule has 1 heterocycles. The number of halogens is 1. The van der Waals surface area contributed by atoms with E-state index in [4.69, 9.17) is 0 Å². The van der Waals surface area contributed by atoms with Crippen LogP contribution in [0.5, 0.6) is 0 Å². The molecule has 1 fully saturated rings. The van der Waals surface area contributed by atoms with Crippen molar-refractivity contribution in [1.82, 2.24) is 10.2 Å². The molecule has 1 aromatic rings. The van der Waals surface area contributed by atoms with Crippen molar-refractivity contribution < 1.29 is 4.39 Å². The van der Waals surface area contributed by atoms with E-state index in [1.165, 1.54) is 17.5 Å². The van der Waals surface area contributed by atoms with E-state index in [1.54, 1.807) is 12.1 Å². The highest BCUT2D eigenvalue weighted by Crippen LogP contribution is 2.38. The van der Waals surface area contributed by atoms with Gasteiger partial charge in [0, 0.05) is 6.04 Å². The normalized spacial score (nSPS) is 24.0. The van der Waals surface area contributed by atoms with Crippen LogP contribution in [0.4, 0.5) is 4.39 Å². The molecule has 3 heteroatoms. The van der Waals surface area contributed by atoms with Gasteiger partial charge in [-0.25, -0.2) is 4.39 Å². The predicted molar refractivity (Wildman–Crippen MR) is 77.8 cm³/mol. The summed E-state index contributed by atoms with van der Waals surface area (Å²) in [6.07, 6.45) is 2.35. The number of nitrogens with one attached hydrogen (secondary N) is 1. The van der Waals surface area contributed by atoms with E-state index < -0.39 is 0 Å². The predicted octanol–water partition coefficient (Wildman–Crippen LogP) is 3.13. The van der Waals surface area contributed by atoms with Gasteiger partial charge in [0.05, 0.1) is 0 Å². The van der Waals surface area contributed by atoms with Gasteiger partial charge in [0.25, 0.3) is 0 Å². The smallest absolute Gasteiger partial charge is 0.123 e. The van der Waals surface area contributed by atoms with Gasteiger partial charge in [-0.15, -0.1) is 0 Å². The van der Waals surface area contributed by atoms with E-state index >= 15 is 0 Å². The van der Waals surface area contributed by atoms with E-state index in [9.17, 15) is 4.39 Å². The van der Waals surface area contributed by atoms with Crippen molar-refractivity contribution >= 4 is 0 Å². The fourth-order valence-electron chi connectivity index (χ4n) is 3.32. The zero-order chi connectivity index (χ0) is 13.8. The molecule has 2 atom stereocenters. The Kier molecular flexibility index (Phi) is 4.94. The molecular weight excluding hydrogens is 239 g/mol. The maximum absolute atomic E-state index is 13.6. The molecule has 0 saturated carbocycles. The summed E-state index contributed by atoms with van der Waals surface area (Å²) in [6, 6.07) is 5.56. The van der Waals surface area contributed by atoms with Gasteiger partial charge in [0.15, 0.2) is 0 Å². The second-order valence-corrected chi connectivity index (χ2v) is 5.59. The van der Waals surface area contributed by atoms with Crippen molar-refractivity contribution in [2.75, 3.05) is 26.7 Å². The standard InChI is InChI=1S/C16H25FN2/c1-4-8-19-9-7-13(11-18-3)16(19)15-10-14(17)6-5-12(15)2/h5-6,10,13,16,18H,4,7-9,11H2,1-3H3. The topological polar surface area (TPSA) is 15.3 Å². The Bertz CT molecular complexity index is 405. The summed E-state index contributed by atoms with van der Waals surface area (Å²) in [5.74, 6) is 0.462. The summed E-state index contributed by atoms with van der Waals surface area (Å²) in [5.41, 5.74) is 2.38. The van der Waals surface area contributed by atoms with E-state index in [0.717, 1.165) is 26.1 Å². The van der Waals surface area contributed by atoms with Crippen molar-refractivity contribution in [2.24, 2.45) is 5.92 Å². The molecule has 19 heavy (non-hydrogen) atoms. The molecule has 0 amide bonds. The number of likely N-dealkylation sites (tertiary alicyclic amines) is 1. The van der Waals surface area contributed by atoms with Crippen molar-refractivity contribution in [2.45, 2.75) is 32.7 Å². The molecule has 2 nitrogen and oxygen atoms in total. The van der Waals surface area contributed by atoms with Gasteiger partial charge in [-0.1, -0.05) is 13.0 Å². The van der Waals surface area contributed by atoms with Gasteiger partial charge < -0.3 is 5.32 Å². The lowest BCUT2D eigenvalue weighted by molar-refractivity contribution is 0.226. The molecule has 1 aliphatic rings. The lowest BCUT2D eigenvalue weighted by atomic mass is 9.90. The molecule has 106 valence electrons. The molecule has 1 saturated heterocycles. The van der Waals surface area contributed by atoms with Gasteiger partial charge >= 0.3 is 0 Å². The van der Waals surface area contributed by atoms with Gasteiger partial charge in [0.2, 0.25) is 0 Å². The van der Waals surface area contributed by atoms with E-state index in [2.05, 4.69) is 24.1 Å². The van der Waals surface area contributed by atoms with Gasteiger partial charge in [-0.05, 0) is 75.6 Å². The largest absolute Gasteiger partial charge is 0.319 e. The molecule has 0 aromatic heterocycles. The highest BCUT2D eigenvalue weighted by atomic mass is 19.1. The molecule has 0 bridgehead atoms. The first-order valence-electron chi connectivity index (χ1n) is 7.32. The molecule has 1 aliphatic heterocycles. The number of hydrogen-bond acceptors (Lipinski definition) is 2. The minimum atomic E-state index is -0.118. The summed E-state index contributed by atoms with van der Waals surface area (Å²) < 4.78 is 13.6. The van der Waals surface area contributed by atoms with Crippen LogP contribution >= 0.6 is 0 Å². The number of aryl methyl sites for hydroxylation is 1. The summed E-state index contributed by atoms with van der Waals surface area (Å²) in [7, 11) is 2.00. The Morgan fingerprint density at radius 1 is 1.42 bits per heavy atom. The zero-order valence-corrected chi connectivity index (χ0v) is 12.2. The second kappa shape index (κ2) is 6.49. The first-order valence-corrected chi connectivity index (χ1v) is 7.32. The van der Waals surface area contributed by atoms with Crippen LogP contribution in [-0.4, -0.2) is 31.6 Å². The first-order chi connectivity index (χ1) is 9.17. The van der Waals surface area contributed by atoms with Crippen LogP contribution in [0.2, 0.25) is 0 Å². The number of hydrogen-bond donors (Lipinski definition) is 1. The minimum absolute atomic E-state index is 0.118. The van der Waals surface area contributed by atoms with E-state index in [-0.39, 0.29) is 5.82 Å². The third-order valence-corrected chi connectivity index (χ3v) is 4.16. The average Bonchev–Trinajstić information content (AvgIpc) is 2.76. The maximum Gasteiger partial charge on any atom is 0.123 e. The Morgan fingerprint density at radius 3 is 2.89 bits per heavy atom. The highest BCUT2D eigenvalue weighted by Gasteiger charge is 2.35. The summed E-state index contributed by atoms with van der Waals surface area (Å²) in [4.78, 5) is 2.52. The van der Waals surface area contributed by atoms with Crippen LogP contribution in [0.1, 0.15) is 36.9 Å². The Balaban J connectivity index is 2.31. The molecule has 0 aliphatic carbocycles. The SMILES string of the molecule is CCCN1CCC(CNC)C1c1cc(F)ccc1C. The van der Waals surface area contributed by atoms with E-state index in [0.29, 0.717) is 12.0 Å². The second-order valence-electron chi connectivity index (χ2n) is 5.59. The van der Waals surface area contributed by atoms with Crippen molar-refractivity contribution in [3.8, 4) is 0 Å². The van der Waals surface area contributed by atoms with Crippen molar-refractivity contribution in [3.63, 3.8) is 0 Å². The highest BCUT2D eigenvalue weighted by molar-refractivity contribution is 5.31. The number of rotatable bonds is 5. The van der Waals surface area contributed by atoms with Crippen molar-refractivity contribution in [3.05, 3.63) is 35.1 Å². The number of nitrogens with zero attached hydrogens (tertiary/aromatic N) is 1. The lowest BCUT2D eigenvalue weighted by Crippen LogP contribution is -2.30. The minimum Gasteiger partial charge on any atom is -0.319 e. The zero-order valence-electron chi connectivity index (χ0n) is 12.2. The van der Waals surface area contributed by atoms with Crippen LogP contribution in [0.3, 0.4) is 0 Å². The number of benzene rings is 1. The molecule has 2 unspecified atom stereocenters. The fraction of sp³-hybridized carbons (Fsp3) is 0.625.